The average Bonchev–Trinajstić information content (AvgIpc) is 2.52. The number of anilines is 1. The first kappa shape index (κ1) is 14.0. The minimum atomic E-state index is -0.197. The number of carbonyl (C=O) groups excluding carboxylic acids is 1. The lowest BCUT2D eigenvalue weighted by atomic mass is 10.1. The van der Waals surface area contributed by atoms with Gasteiger partial charge in [-0.05, 0) is 23.6 Å². The SMILES string of the molecule is CCc1ccccc1CNC(=O)c1cnccc1NN. The van der Waals surface area contributed by atoms with Crippen molar-refractivity contribution in [1.29, 1.82) is 0 Å². The zero-order chi connectivity index (χ0) is 14.4. The number of amides is 1. The molecule has 2 aromatic rings. The van der Waals surface area contributed by atoms with E-state index < -0.39 is 0 Å². The number of hydrogen-bond donors (Lipinski definition) is 3. The number of hydrogen-bond acceptors (Lipinski definition) is 4. The van der Waals surface area contributed by atoms with Crippen LogP contribution in [0.5, 0.6) is 0 Å². The van der Waals surface area contributed by atoms with Gasteiger partial charge in [-0.1, -0.05) is 31.2 Å². The van der Waals surface area contributed by atoms with E-state index >= 15 is 0 Å². The number of pyridine rings is 1. The van der Waals surface area contributed by atoms with Crippen molar-refractivity contribution in [2.45, 2.75) is 19.9 Å². The number of benzene rings is 1. The summed E-state index contributed by atoms with van der Waals surface area (Å²) in [7, 11) is 0. The van der Waals surface area contributed by atoms with Gasteiger partial charge in [0.1, 0.15) is 0 Å². The number of nitrogen functional groups attached to an aromatic ring is 1. The molecule has 0 atom stereocenters. The lowest BCUT2D eigenvalue weighted by Gasteiger charge is -2.11. The molecule has 0 spiro atoms. The van der Waals surface area contributed by atoms with Crippen LogP contribution >= 0.6 is 0 Å². The standard InChI is InChI=1S/C15H18N4O/c1-2-11-5-3-4-6-12(11)9-18-15(20)13-10-17-8-7-14(13)19-16/h3-8,10H,2,9,16H2,1H3,(H,17,19)(H,18,20). The van der Waals surface area contributed by atoms with Crippen LogP contribution in [0.1, 0.15) is 28.4 Å². The number of aromatic nitrogens is 1. The summed E-state index contributed by atoms with van der Waals surface area (Å²) in [5, 5.41) is 2.89. The molecule has 1 aromatic carbocycles. The second-order valence-corrected chi connectivity index (χ2v) is 4.37. The first-order valence-electron chi connectivity index (χ1n) is 6.51. The lowest BCUT2D eigenvalue weighted by molar-refractivity contribution is 0.0951. The predicted octanol–water partition coefficient (Wildman–Crippen LogP) is 1.86. The van der Waals surface area contributed by atoms with Crippen LogP contribution < -0.4 is 16.6 Å². The molecule has 4 N–H and O–H groups in total. The summed E-state index contributed by atoms with van der Waals surface area (Å²) in [5.74, 6) is 5.19. The maximum atomic E-state index is 12.2. The molecule has 0 saturated heterocycles. The first-order chi connectivity index (χ1) is 9.76. The molecule has 1 heterocycles. The molecule has 0 fully saturated rings. The zero-order valence-electron chi connectivity index (χ0n) is 11.4. The van der Waals surface area contributed by atoms with Gasteiger partial charge < -0.3 is 10.7 Å². The van der Waals surface area contributed by atoms with Crippen molar-refractivity contribution in [2.24, 2.45) is 5.84 Å². The van der Waals surface area contributed by atoms with Crippen molar-refractivity contribution in [3.63, 3.8) is 0 Å². The number of aryl methyl sites for hydroxylation is 1. The van der Waals surface area contributed by atoms with Gasteiger partial charge in [-0.2, -0.15) is 0 Å². The Morgan fingerprint density at radius 3 is 2.70 bits per heavy atom. The summed E-state index contributed by atoms with van der Waals surface area (Å²) in [6.45, 7) is 2.58. The van der Waals surface area contributed by atoms with E-state index in [0.29, 0.717) is 17.8 Å². The van der Waals surface area contributed by atoms with Crippen LogP contribution in [0.3, 0.4) is 0 Å². The van der Waals surface area contributed by atoms with Gasteiger partial charge in [-0.3, -0.25) is 15.6 Å². The Labute approximate surface area is 118 Å². The molecule has 0 radical (unpaired) electrons. The van der Waals surface area contributed by atoms with E-state index in [1.165, 1.54) is 11.8 Å². The molecule has 5 heteroatoms. The van der Waals surface area contributed by atoms with E-state index in [1.54, 1.807) is 12.3 Å². The third-order valence-corrected chi connectivity index (χ3v) is 3.16. The van der Waals surface area contributed by atoms with Crippen LogP contribution in [0.2, 0.25) is 0 Å². The Hall–Kier alpha value is -2.40. The number of nitrogens with zero attached hydrogens (tertiary/aromatic N) is 1. The first-order valence-corrected chi connectivity index (χ1v) is 6.51. The number of hydrazine groups is 1. The van der Waals surface area contributed by atoms with Crippen molar-refractivity contribution in [1.82, 2.24) is 10.3 Å². The molecule has 0 bridgehead atoms. The summed E-state index contributed by atoms with van der Waals surface area (Å²) < 4.78 is 0. The molecule has 0 unspecified atom stereocenters. The molecule has 0 saturated carbocycles. The van der Waals surface area contributed by atoms with Crippen LogP contribution in [-0.2, 0) is 13.0 Å². The summed E-state index contributed by atoms with van der Waals surface area (Å²) in [5.41, 5.74) is 5.84. The quantitative estimate of drug-likeness (QED) is 0.572. The summed E-state index contributed by atoms with van der Waals surface area (Å²) >= 11 is 0. The third-order valence-electron chi connectivity index (χ3n) is 3.16. The smallest absolute Gasteiger partial charge is 0.255 e. The molecule has 5 nitrogen and oxygen atoms in total. The van der Waals surface area contributed by atoms with Gasteiger partial charge >= 0.3 is 0 Å². The molecule has 0 aliphatic rings. The fraction of sp³-hybridized carbons (Fsp3) is 0.200. The van der Waals surface area contributed by atoms with E-state index in [9.17, 15) is 4.79 Å². The maximum absolute atomic E-state index is 12.2. The van der Waals surface area contributed by atoms with Gasteiger partial charge in [0.2, 0.25) is 0 Å². The van der Waals surface area contributed by atoms with E-state index in [1.807, 2.05) is 18.2 Å². The second-order valence-electron chi connectivity index (χ2n) is 4.37. The highest BCUT2D eigenvalue weighted by Gasteiger charge is 2.11. The zero-order valence-corrected chi connectivity index (χ0v) is 11.4. The Morgan fingerprint density at radius 2 is 2.00 bits per heavy atom. The number of rotatable bonds is 5. The van der Waals surface area contributed by atoms with Crippen molar-refractivity contribution >= 4 is 11.6 Å². The van der Waals surface area contributed by atoms with Crippen LogP contribution in [0.25, 0.3) is 0 Å². The van der Waals surface area contributed by atoms with Crippen LogP contribution in [0, 0.1) is 0 Å². The molecule has 1 amide bonds. The minimum absolute atomic E-state index is 0.197. The molecule has 0 aliphatic heterocycles. The van der Waals surface area contributed by atoms with Gasteiger partial charge in [0.05, 0.1) is 11.3 Å². The summed E-state index contributed by atoms with van der Waals surface area (Å²) in [4.78, 5) is 16.1. The molecule has 0 aliphatic carbocycles. The summed E-state index contributed by atoms with van der Waals surface area (Å²) in [6, 6.07) is 9.72. The van der Waals surface area contributed by atoms with Crippen LogP contribution in [0.4, 0.5) is 5.69 Å². The monoisotopic (exact) mass is 270 g/mol. The van der Waals surface area contributed by atoms with Crippen LogP contribution in [0.15, 0.2) is 42.7 Å². The molecule has 1 aromatic heterocycles. The molecule has 2 rings (SSSR count). The van der Waals surface area contributed by atoms with Crippen molar-refractivity contribution < 1.29 is 4.79 Å². The molecule has 20 heavy (non-hydrogen) atoms. The Morgan fingerprint density at radius 1 is 1.25 bits per heavy atom. The number of nitrogens with two attached hydrogens (primary N) is 1. The van der Waals surface area contributed by atoms with Gasteiger partial charge in [-0.25, -0.2) is 0 Å². The highest BCUT2D eigenvalue weighted by Crippen LogP contribution is 2.13. The number of carbonyl (C=O) groups is 1. The Kier molecular flexibility index (Phi) is 4.68. The molecular formula is C15H18N4O. The fourth-order valence-electron chi connectivity index (χ4n) is 2.05. The van der Waals surface area contributed by atoms with E-state index in [-0.39, 0.29) is 5.91 Å². The predicted molar refractivity (Wildman–Crippen MR) is 79.0 cm³/mol. The normalized spacial score (nSPS) is 10.1. The third kappa shape index (κ3) is 3.13. The largest absolute Gasteiger partial charge is 0.348 e. The van der Waals surface area contributed by atoms with Gasteiger partial charge in [-0.15, -0.1) is 0 Å². The number of nitrogens with one attached hydrogen (secondary N) is 2. The van der Waals surface area contributed by atoms with E-state index in [4.69, 9.17) is 5.84 Å². The minimum Gasteiger partial charge on any atom is -0.348 e. The van der Waals surface area contributed by atoms with Crippen molar-refractivity contribution in [2.75, 3.05) is 5.43 Å². The summed E-state index contributed by atoms with van der Waals surface area (Å²) in [6.07, 6.45) is 4.02. The Bertz CT molecular complexity index is 598. The molecular weight excluding hydrogens is 252 g/mol. The van der Waals surface area contributed by atoms with E-state index in [0.717, 1.165) is 12.0 Å². The second kappa shape index (κ2) is 6.68. The average molecular weight is 270 g/mol. The van der Waals surface area contributed by atoms with Crippen LogP contribution in [-0.4, -0.2) is 10.9 Å². The topological polar surface area (TPSA) is 80.0 Å². The van der Waals surface area contributed by atoms with Crippen molar-refractivity contribution in [3.05, 3.63) is 59.4 Å². The van der Waals surface area contributed by atoms with Crippen molar-refractivity contribution in [3.8, 4) is 0 Å². The Balaban J connectivity index is 2.09. The van der Waals surface area contributed by atoms with Gasteiger partial charge in [0.25, 0.3) is 5.91 Å². The highest BCUT2D eigenvalue weighted by atomic mass is 16.1. The van der Waals surface area contributed by atoms with Gasteiger partial charge in [0, 0.05) is 18.9 Å². The van der Waals surface area contributed by atoms with Gasteiger partial charge in [0.15, 0.2) is 0 Å². The van der Waals surface area contributed by atoms with E-state index in [2.05, 4.69) is 28.7 Å². The lowest BCUT2D eigenvalue weighted by Crippen LogP contribution is -2.25. The molecule has 104 valence electrons. The fourth-order valence-corrected chi connectivity index (χ4v) is 2.05. The maximum Gasteiger partial charge on any atom is 0.255 e. The highest BCUT2D eigenvalue weighted by molar-refractivity contribution is 5.99.